The second-order valence-corrected chi connectivity index (χ2v) is 3.77. The van der Waals surface area contributed by atoms with Crippen LogP contribution in [0.25, 0.3) is 0 Å². The molecule has 0 spiro atoms. The zero-order valence-corrected chi connectivity index (χ0v) is 10.4. The highest BCUT2D eigenvalue weighted by Crippen LogP contribution is 2.10. The molecule has 0 fully saturated rings. The summed E-state index contributed by atoms with van der Waals surface area (Å²) in [5, 5.41) is 2.56. The minimum Gasteiger partial charge on any atom is -0.358 e. The Morgan fingerprint density at radius 1 is 1.38 bits per heavy atom. The number of carbonyl (C=O) groups is 2. The zero-order valence-electron chi connectivity index (χ0n) is 10.4. The predicted molar refractivity (Wildman–Crippen MR) is 62.3 cm³/mol. The van der Waals surface area contributed by atoms with Gasteiger partial charge in [0.2, 0.25) is 11.8 Å². The molecule has 0 aliphatic heterocycles. The van der Waals surface area contributed by atoms with Crippen LogP contribution in [0.2, 0.25) is 0 Å². The van der Waals surface area contributed by atoms with Gasteiger partial charge in [0.05, 0.1) is 12.5 Å². The highest BCUT2D eigenvalue weighted by atomic mass is 16.2. The lowest BCUT2D eigenvalue weighted by Gasteiger charge is -2.30. The number of nitrogens with two attached hydrogens (primary N) is 1. The van der Waals surface area contributed by atoms with E-state index in [9.17, 15) is 9.59 Å². The maximum Gasteiger partial charge on any atom is 0.238 e. The molecule has 0 aliphatic rings. The summed E-state index contributed by atoms with van der Waals surface area (Å²) in [6.45, 7) is 6.64. The molecule has 6 nitrogen and oxygen atoms in total. The molecule has 0 saturated heterocycles. The number of nitrogens with zero attached hydrogens (tertiary/aromatic N) is 1. The van der Waals surface area contributed by atoms with Crippen molar-refractivity contribution >= 4 is 11.8 Å². The summed E-state index contributed by atoms with van der Waals surface area (Å²) >= 11 is 0. The van der Waals surface area contributed by atoms with Crippen molar-refractivity contribution < 1.29 is 9.59 Å². The first-order valence-electron chi connectivity index (χ1n) is 5.42. The van der Waals surface area contributed by atoms with Gasteiger partial charge in [-0.3, -0.25) is 19.9 Å². The van der Waals surface area contributed by atoms with E-state index in [1.165, 1.54) is 0 Å². The first-order valence-corrected chi connectivity index (χ1v) is 5.42. The van der Waals surface area contributed by atoms with Gasteiger partial charge < -0.3 is 5.32 Å². The Bertz CT molecular complexity index is 245. The third-order valence-electron chi connectivity index (χ3n) is 2.89. The van der Waals surface area contributed by atoms with Crippen LogP contribution in [0.5, 0.6) is 0 Å². The number of amides is 2. The topological polar surface area (TPSA) is 87.5 Å². The molecule has 0 heterocycles. The molecule has 4 N–H and O–H groups in total. The van der Waals surface area contributed by atoms with Crippen molar-refractivity contribution in [3.05, 3.63) is 0 Å². The number of hydrogen-bond acceptors (Lipinski definition) is 4. The lowest BCUT2D eigenvalue weighted by atomic mass is 10.0. The van der Waals surface area contributed by atoms with Gasteiger partial charge in [-0.25, -0.2) is 5.84 Å². The maximum absolute atomic E-state index is 11.4. The SMILES string of the molecule is CCN(CC(=O)NC)C(C)C(C)C(=O)NN. The molecule has 0 aliphatic carbocycles. The smallest absolute Gasteiger partial charge is 0.238 e. The summed E-state index contributed by atoms with van der Waals surface area (Å²) in [4.78, 5) is 24.6. The fraction of sp³-hybridized carbons (Fsp3) is 0.800. The van der Waals surface area contributed by atoms with Crippen LogP contribution in [0.3, 0.4) is 0 Å². The van der Waals surface area contributed by atoms with Crippen molar-refractivity contribution in [2.24, 2.45) is 11.8 Å². The van der Waals surface area contributed by atoms with Crippen LogP contribution in [-0.2, 0) is 9.59 Å². The predicted octanol–water partition coefficient (Wildman–Crippen LogP) is -0.931. The van der Waals surface area contributed by atoms with E-state index in [2.05, 4.69) is 10.7 Å². The monoisotopic (exact) mass is 230 g/mol. The highest BCUT2D eigenvalue weighted by molar-refractivity contribution is 5.79. The third-order valence-corrected chi connectivity index (χ3v) is 2.89. The van der Waals surface area contributed by atoms with Crippen molar-refractivity contribution in [3.8, 4) is 0 Å². The molecule has 0 aromatic carbocycles. The average molecular weight is 230 g/mol. The molecule has 94 valence electrons. The van der Waals surface area contributed by atoms with Gasteiger partial charge in [0.25, 0.3) is 0 Å². The summed E-state index contributed by atoms with van der Waals surface area (Å²) in [5.74, 6) is 4.55. The fourth-order valence-corrected chi connectivity index (χ4v) is 1.47. The standard InChI is InChI=1S/C10H22N4O2/c1-5-14(6-9(15)12-4)8(3)7(2)10(16)13-11/h7-8H,5-6,11H2,1-4H3,(H,12,15)(H,13,16). The van der Waals surface area contributed by atoms with E-state index in [1.54, 1.807) is 14.0 Å². The van der Waals surface area contributed by atoms with Gasteiger partial charge >= 0.3 is 0 Å². The van der Waals surface area contributed by atoms with Crippen LogP contribution in [0.15, 0.2) is 0 Å². The first kappa shape index (κ1) is 14.9. The molecular formula is C10H22N4O2. The molecule has 0 rings (SSSR count). The normalized spacial score (nSPS) is 14.4. The van der Waals surface area contributed by atoms with Crippen LogP contribution in [-0.4, -0.2) is 42.9 Å². The molecule has 0 radical (unpaired) electrons. The van der Waals surface area contributed by atoms with Crippen LogP contribution in [0, 0.1) is 5.92 Å². The van der Waals surface area contributed by atoms with E-state index >= 15 is 0 Å². The van der Waals surface area contributed by atoms with Gasteiger partial charge in [-0.2, -0.15) is 0 Å². The minimum absolute atomic E-state index is 0.0363. The fourth-order valence-electron chi connectivity index (χ4n) is 1.47. The van der Waals surface area contributed by atoms with E-state index in [4.69, 9.17) is 5.84 Å². The highest BCUT2D eigenvalue weighted by Gasteiger charge is 2.25. The van der Waals surface area contributed by atoms with Gasteiger partial charge in [0, 0.05) is 13.1 Å². The van der Waals surface area contributed by atoms with Crippen molar-refractivity contribution in [3.63, 3.8) is 0 Å². The van der Waals surface area contributed by atoms with E-state index < -0.39 is 0 Å². The molecule has 2 atom stereocenters. The molecule has 0 aromatic rings. The van der Waals surface area contributed by atoms with Crippen molar-refractivity contribution in [2.45, 2.75) is 26.8 Å². The molecular weight excluding hydrogens is 208 g/mol. The third kappa shape index (κ3) is 4.16. The summed E-state index contributed by atoms with van der Waals surface area (Å²) in [7, 11) is 1.59. The molecule has 2 amide bonds. The molecule has 0 bridgehead atoms. The molecule has 2 unspecified atom stereocenters. The molecule has 6 heteroatoms. The van der Waals surface area contributed by atoms with Gasteiger partial charge in [-0.15, -0.1) is 0 Å². The van der Waals surface area contributed by atoms with Crippen LogP contribution < -0.4 is 16.6 Å². The number of nitrogens with one attached hydrogen (secondary N) is 2. The summed E-state index contributed by atoms with van der Waals surface area (Å²) in [5.41, 5.74) is 2.13. The molecule has 0 saturated carbocycles. The van der Waals surface area contributed by atoms with Crippen molar-refractivity contribution in [2.75, 3.05) is 20.1 Å². The lowest BCUT2D eigenvalue weighted by molar-refractivity contribution is -0.128. The van der Waals surface area contributed by atoms with E-state index in [-0.39, 0.29) is 30.3 Å². The Labute approximate surface area is 96.5 Å². The Hall–Kier alpha value is -1.14. The van der Waals surface area contributed by atoms with Gasteiger partial charge in [0.1, 0.15) is 0 Å². The van der Waals surface area contributed by atoms with Gasteiger partial charge in [0.15, 0.2) is 0 Å². The Balaban J connectivity index is 4.45. The number of rotatable bonds is 6. The summed E-state index contributed by atoms with van der Waals surface area (Å²) in [6.07, 6.45) is 0. The maximum atomic E-state index is 11.4. The largest absolute Gasteiger partial charge is 0.358 e. The Morgan fingerprint density at radius 2 is 1.94 bits per heavy atom. The Morgan fingerprint density at radius 3 is 2.31 bits per heavy atom. The number of hydrogen-bond donors (Lipinski definition) is 3. The summed E-state index contributed by atoms with van der Waals surface area (Å²) < 4.78 is 0. The van der Waals surface area contributed by atoms with Crippen molar-refractivity contribution in [1.29, 1.82) is 0 Å². The van der Waals surface area contributed by atoms with E-state index in [0.717, 1.165) is 0 Å². The van der Waals surface area contributed by atoms with Gasteiger partial charge in [-0.1, -0.05) is 13.8 Å². The molecule has 0 aromatic heterocycles. The zero-order chi connectivity index (χ0) is 12.7. The second-order valence-electron chi connectivity index (χ2n) is 3.77. The van der Waals surface area contributed by atoms with E-state index in [1.807, 2.05) is 18.7 Å². The quantitative estimate of drug-likeness (QED) is 0.312. The first-order chi connectivity index (χ1) is 7.47. The molecule has 16 heavy (non-hydrogen) atoms. The summed E-state index contributed by atoms with van der Waals surface area (Å²) in [6, 6.07) is -0.0363. The van der Waals surface area contributed by atoms with Crippen LogP contribution in [0.4, 0.5) is 0 Å². The number of likely N-dealkylation sites (N-methyl/N-ethyl adjacent to an activating group) is 2. The van der Waals surface area contributed by atoms with E-state index in [0.29, 0.717) is 6.54 Å². The van der Waals surface area contributed by atoms with Crippen LogP contribution in [0.1, 0.15) is 20.8 Å². The second kappa shape index (κ2) is 7.19. The number of hydrazine groups is 1. The van der Waals surface area contributed by atoms with Gasteiger partial charge in [-0.05, 0) is 13.5 Å². The average Bonchev–Trinajstić information content (AvgIpc) is 2.32. The van der Waals surface area contributed by atoms with Crippen LogP contribution >= 0.6 is 0 Å². The Kier molecular flexibility index (Phi) is 6.67. The minimum atomic E-state index is -0.255. The number of carbonyl (C=O) groups excluding carboxylic acids is 2. The van der Waals surface area contributed by atoms with Crippen molar-refractivity contribution in [1.82, 2.24) is 15.6 Å². The lowest BCUT2D eigenvalue weighted by Crippen LogP contribution is -2.48.